The first-order valence-corrected chi connectivity index (χ1v) is 12.3. The van der Waals surface area contributed by atoms with Crippen LogP contribution in [0.4, 0.5) is 5.95 Å². The van der Waals surface area contributed by atoms with E-state index >= 15 is 0 Å². The van der Waals surface area contributed by atoms with E-state index in [2.05, 4.69) is 24.9 Å². The molecule has 0 saturated heterocycles. The molecule has 12 heteroatoms. The van der Waals surface area contributed by atoms with Crippen molar-refractivity contribution in [3.63, 3.8) is 0 Å². The molecule has 1 fully saturated rings. The molecule has 2 aromatic heterocycles. The molecule has 1 aliphatic rings. The van der Waals surface area contributed by atoms with Gasteiger partial charge in [0, 0.05) is 32.2 Å². The minimum absolute atomic E-state index is 0.127. The summed E-state index contributed by atoms with van der Waals surface area (Å²) in [6, 6.07) is 9.50. The fraction of sp³-hybridized carbons (Fsp3) is 0.429. The lowest BCUT2D eigenvalue weighted by molar-refractivity contribution is 0.0950. The molecule has 33 heavy (non-hydrogen) atoms. The van der Waals surface area contributed by atoms with Gasteiger partial charge in [-0.15, -0.1) is 10.2 Å². The molecule has 2 unspecified atom stereocenters. The number of hydrogen-bond acceptors (Lipinski definition) is 8. The van der Waals surface area contributed by atoms with Gasteiger partial charge >= 0.3 is 0 Å². The number of aromatic nitrogens is 5. The Morgan fingerprint density at radius 1 is 1.15 bits per heavy atom. The number of nitrogens with one attached hydrogen (secondary N) is 1. The molecule has 1 aromatic carbocycles. The van der Waals surface area contributed by atoms with E-state index in [0.717, 1.165) is 18.4 Å². The van der Waals surface area contributed by atoms with Crippen molar-refractivity contribution in [3.05, 3.63) is 53.6 Å². The molecule has 2 atom stereocenters. The van der Waals surface area contributed by atoms with Gasteiger partial charge < -0.3 is 9.47 Å². The SMILES string of the molecule is COCC1(n2c(NS(=O)(=O)C(C)C(OC)c3ncc(Cl)cn3)nnc2-c2ccccc2)CC1. The van der Waals surface area contributed by atoms with Crippen LogP contribution in [-0.4, -0.2) is 59.2 Å². The van der Waals surface area contributed by atoms with E-state index in [4.69, 9.17) is 21.1 Å². The van der Waals surface area contributed by atoms with Crippen molar-refractivity contribution in [3.8, 4) is 11.4 Å². The third-order valence-electron chi connectivity index (χ3n) is 5.71. The predicted molar refractivity (Wildman–Crippen MR) is 123 cm³/mol. The smallest absolute Gasteiger partial charge is 0.240 e. The zero-order chi connectivity index (χ0) is 23.6. The molecule has 0 bridgehead atoms. The number of benzene rings is 1. The van der Waals surface area contributed by atoms with Crippen molar-refractivity contribution in [2.75, 3.05) is 25.5 Å². The van der Waals surface area contributed by atoms with Crippen LogP contribution in [0.2, 0.25) is 5.02 Å². The minimum atomic E-state index is -3.97. The number of sulfonamides is 1. The van der Waals surface area contributed by atoms with Gasteiger partial charge in [0.1, 0.15) is 11.4 Å². The quantitative estimate of drug-likeness (QED) is 0.458. The first-order valence-electron chi connectivity index (χ1n) is 10.3. The molecule has 0 amide bonds. The van der Waals surface area contributed by atoms with E-state index in [1.54, 1.807) is 7.11 Å². The predicted octanol–water partition coefficient (Wildman–Crippen LogP) is 3.04. The number of nitrogens with zero attached hydrogens (tertiary/aromatic N) is 5. The molecular weight excluding hydrogens is 468 g/mol. The second kappa shape index (κ2) is 9.34. The monoisotopic (exact) mass is 492 g/mol. The summed E-state index contributed by atoms with van der Waals surface area (Å²) in [5.41, 5.74) is 0.417. The van der Waals surface area contributed by atoms with Crippen molar-refractivity contribution in [1.82, 2.24) is 24.7 Å². The summed E-state index contributed by atoms with van der Waals surface area (Å²) in [6.07, 6.45) is 3.52. The van der Waals surface area contributed by atoms with Gasteiger partial charge in [-0.25, -0.2) is 18.4 Å². The zero-order valence-electron chi connectivity index (χ0n) is 18.5. The highest BCUT2D eigenvalue weighted by Crippen LogP contribution is 2.47. The van der Waals surface area contributed by atoms with Crippen molar-refractivity contribution in [1.29, 1.82) is 0 Å². The minimum Gasteiger partial charge on any atom is -0.382 e. The van der Waals surface area contributed by atoms with Gasteiger partial charge in [0.2, 0.25) is 16.0 Å². The van der Waals surface area contributed by atoms with Crippen LogP contribution in [0, 0.1) is 0 Å². The van der Waals surface area contributed by atoms with Gasteiger partial charge in [-0.05, 0) is 19.8 Å². The molecule has 1 saturated carbocycles. The Hall–Kier alpha value is -2.60. The van der Waals surface area contributed by atoms with Crippen LogP contribution in [0.3, 0.4) is 0 Å². The molecule has 4 rings (SSSR count). The maximum absolute atomic E-state index is 13.4. The summed E-state index contributed by atoms with van der Waals surface area (Å²) in [5.74, 6) is 0.909. The standard InChI is InChI=1S/C21H25ClN6O4S/c1-14(17(32-3)18-23-11-16(22)12-24-18)33(29,30)27-20-26-25-19(15-7-5-4-6-8-15)28(20)21(9-10-21)13-31-2/h4-8,11-12,14,17H,9-10,13H2,1-3H3,(H,26,27). The van der Waals surface area contributed by atoms with Crippen LogP contribution < -0.4 is 4.72 Å². The topological polar surface area (TPSA) is 121 Å². The summed E-state index contributed by atoms with van der Waals surface area (Å²) in [7, 11) is -0.950. The van der Waals surface area contributed by atoms with Crippen molar-refractivity contribution in [2.45, 2.75) is 36.7 Å². The Balaban J connectivity index is 1.69. The maximum Gasteiger partial charge on any atom is 0.240 e. The molecule has 10 nitrogen and oxygen atoms in total. The second-order valence-corrected chi connectivity index (χ2v) is 10.4. The first kappa shape index (κ1) is 23.6. The fourth-order valence-electron chi connectivity index (χ4n) is 3.78. The van der Waals surface area contributed by atoms with E-state index in [-0.39, 0.29) is 11.8 Å². The summed E-state index contributed by atoms with van der Waals surface area (Å²) in [6.45, 7) is 1.93. The Kier molecular flexibility index (Phi) is 6.66. The molecule has 0 radical (unpaired) electrons. The van der Waals surface area contributed by atoms with E-state index in [1.807, 2.05) is 34.9 Å². The molecule has 0 spiro atoms. The molecule has 176 valence electrons. The van der Waals surface area contributed by atoms with Gasteiger partial charge in [-0.1, -0.05) is 41.9 Å². The summed E-state index contributed by atoms with van der Waals surface area (Å²) < 4.78 is 42.0. The van der Waals surface area contributed by atoms with Gasteiger partial charge in [-0.2, -0.15) is 0 Å². The highest BCUT2D eigenvalue weighted by Gasteiger charge is 2.48. The Bertz CT molecular complexity index is 1200. The zero-order valence-corrected chi connectivity index (χ0v) is 20.0. The Labute approximate surface area is 197 Å². The number of halogens is 1. The summed E-state index contributed by atoms with van der Waals surface area (Å²) in [5, 5.41) is 7.82. The lowest BCUT2D eigenvalue weighted by Gasteiger charge is -2.24. The third kappa shape index (κ3) is 4.72. The highest BCUT2D eigenvalue weighted by molar-refractivity contribution is 7.93. The summed E-state index contributed by atoms with van der Waals surface area (Å²) in [4.78, 5) is 8.23. The number of methoxy groups -OCH3 is 2. The van der Waals surface area contributed by atoms with Gasteiger partial charge in [-0.3, -0.25) is 9.29 Å². The lowest BCUT2D eigenvalue weighted by Crippen LogP contribution is -2.35. The third-order valence-corrected chi connectivity index (χ3v) is 7.60. The number of anilines is 1. The normalized spacial score (nSPS) is 16.8. The van der Waals surface area contributed by atoms with Crippen LogP contribution >= 0.6 is 11.6 Å². The van der Waals surface area contributed by atoms with E-state index in [1.165, 1.54) is 26.4 Å². The summed E-state index contributed by atoms with van der Waals surface area (Å²) >= 11 is 5.86. The van der Waals surface area contributed by atoms with E-state index in [9.17, 15) is 8.42 Å². The van der Waals surface area contributed by atoms with Gasteiger partial charge in [0.15, 0.2) is 11.6 Å². The number of rotatable bonds is 10. The van der Waals surface area contributed by atoms with E-state index in [0.29, 0.717) is 17.5 Å². The molecular formula is C21H25ClN6O4S. The van der Waals surface area contributed by atoms with Crippen molar-refractivity contribution >= 4 is 27.6 Å². The maximum atomic E-state index is 13.4. The van der Waals surface area contributed by atoms with Crippen LogP contribution in [0.5, 0.6) is 0 Å². The molecule has 1 aliphatic carbocycles. The Morgan fingerprint density at radius 2 is 1.82 bits per heavy atom. The lowest BCUT2D eigenvalue weighted by atomic mass is 10.2. The van der Waals surface area contributed by atoms with Crippen LogP contribution in [0.15, 0.2) is 42.7 Å². The van der Waals surface area contributed by atoms with Crippen LogP contribution in [0.1, 0.15) is 31.7 Å². The molecule has 2 heterocycles. The molecule has 0 aliphatic heterocycles. The van der Waals surface area contributed by atoms with Crippen LogP contribution in [-0.2, 0) is 25.0 Å². The number of ether oxygens (including phenoxy) is 2. The van der Waals surface area contributed by atoms with E-state index < -0.39 is 26.9 Å². The fourth-order valence-corrected chi connectivity index (χ4v) is 5.01. The molecule has 3 aromatic rings. The van der Waals surface area contributed by atoms with Crippen LogP contribution in [0.25, 0.3) is 11.4 Å². The average Bonchev–Trinajstić information content (AvgIpc) is 3.46. The largest absolute Gasteiger partial charge is 0.382 e. The highest BCUT2D eigenvalue weighted by atomic mass is 35.5. The second-order valence-electron chi connectivity index (χ2n) is 7.97. The van der Waals surface area contributed by atoms with Crippen molar-refractivity contribution in [2.24, 2.45) is 0 Å². The average molecular weight is 493 g/mol. The van der Waals surface area contributed by atoms with Crippen molar-refractivity contribution < 1.29 is 17.9 Å². The first-order chi connectivity index (χ1) is 15.8. The van der Waals surface area contributed by atoms with Gasteiger partial charge in [0.25, 0.3) is 0 Å². The Morgan fingerprint density at radius 3 is 2.39 bits per heavy atom. The van der Waals surface area contributed by atoms with Gasteiger partial charge in [0.05, 0.1) is 17.2 Å². The molecule has 1 N–H and O–H groups in total. The number of hydrogen-bond donors (Lipinski definition) is 1.